The van der Waals surface area contributed by atoms with Crippen molar-refractivity contribution in [2.24, 2.45) is 5.41 Å². The van der Waals surface area contributed by atoms with E-state index in [0.29, 0.717) is 16.9 Å². The molecule has 0 radical (unpaired) electrons. The average molecular weight is 409 g/mol. The Hall–Kier alpha value is -1.77. The molecule has 0 fully saturated rings. The first-order chi connectivity index (χ1) is 12.0. The number of benzene rings is 1. The molecule has 0 saturated heterocycles. The van der Waals surface area contributed by atoms with Gasteiger partial charge in [-0.2, -0.15) is 18.2 Å². The van der Waals surface area contributed by atoms with Crippen LogP contribution in [0.15, 0.2) is 24.4 Å². The Morgan fingerprint density at radius 2 is 1.85 bits per heavy atom. The molecular weight excluding hydrogens is 392 g/mol. The number of halogens is 5. The third-order valence-electron chi connectivity index (χ3n) is 3.43. The SMILES string of the molecule is CC(C)(CO)CNc1nc(Nc2ccc(Cl)c(Cl)c2)ncc1C(F)(F)F. The smallest absolute Gasteiger partial charge is 0.396 e. The zero-order valence-corrected chi connectivity index (χ0v) is 15.5. The maximum Gasteiger partial charge on any atom is 0.421 e. The van der Waals surface area contributed by atoms with Crippen molar-refractivity contribution >= 4 is 40.7 Å². The van der Waals surface area contributed by atoms with Gasteiger partial charge in [0.25, 0.3) is 0 Å². The highest BCUT2D eigenvalue weighted by atomic mass is 35.5. The number of aliphatic hydroxyl groups is 1. The first kappa shape index (κ1) is 20.5. The Morgan fingerprint density at radius 3 is 2.42 bits per heavy atom. The van der Waals surface area contributed by atoms with Crippen molar-refractivity contribution in [1.82, 2.24) is 9.97 Å². The summed E-state index contributed by atoms with van der Waals surface area (Å²) in [5.74, 6) is -0.419. The highest BCUT2D eigenvalue weighted by Gasteiger charge is 2.35. The van der Waals surface area contributed by atoms with Crippen LogP contribution in [0, 0.1) is 5.41 Å². The summed E-state index contributed by atoms with van der Waals surface area (Å²) in [7, 11) is 0. The number of alkyl halides is 3. The molecule has 0 aliphatic rings. The lowest BCUT2D eigenvalue weighted by Crippen LogP contribution is -2.28. The Kier molecular flexibility index (Phi) is 6.21. The number of hydrogen-bond donors (Lipinski definition) is 3. The zero-order chi connectivity index (χ0) is 19.5. The van der Waals surface area contributed by atoms with Crippen LogP contribution < -0.4 is 10.6 Å². The second-order valence-electron chi connectivity index (χ2n) is 6.38. The Bertz CT molecular complexity index is 785. The van der Waals surface area contributed by atoms with Gasteiger partial charge < -0.3 is 15.7 Å². The molecule has 5 nitrogen and oxygen atoms in total. The molecule has 0 amide bonds. The number of rotatable bonds is 6. The topological polar surface area (TPSA) is 70.1 Å². The summed E-state index contributed by atoms with van der Waals surface area (Å²) < 4.78 is 39.6. The van der Waals surface area contributed by atoms with Crippen LogP contribution in [0.1, 0.15) is 19.4 Å². The van der Waals surface area contributed by atoms with E-state index in [-0.39, 0.29) is 29.9 Å². The van der Waals surface area contributed by atoms with Crippen molar-refractivity contribution in [3.63, 3.8) is 0 Å². The lowest BCUT2D eigenvalue weighted by Gasteiger charge is -2.23. The monoisotopic (exact) mass is 408 g/mol. The van der Waals surface area contributed by atoms with E-state index < -0.39 is 17.2 Å². The number of hydrogen-bond acceptors (Lipinski definition) is 5. The minimum absolute atomic E-state index is 0.0410. The molecule has 0 aliphatic carbocycles. The highest BCUT2D eigenvalue weighted by Crippen LogP contribution is 2.35. The average Bonchev–Trinajstić information content (AvgIpc) is 2.55. The maximum atomic E-state index is 13.2. The summed E-state index contributed by atoms with van der Waals surface area (Å²) in [6, 6.07) is 4.64. The molecule has 0 bridgehead atoms. The first-order valence-electron chi connectivity index (χ1n) is 7.53. The molecule has 0 saturated carbocycles. The van der Waals surface area contributed by atoms with Crippen molar-refractivity contribution < 1.29 is 18.3 Å². The van der Waals surface area contributed by atoms with E-state index in [2.05, 4.69) is 20.6 Å². The van der Waals surface area contributed by atoms with Crippen LogP contribution in [0.25, 0.3) is 0 Å². The van der Waals surface area contributed by atoms with E-state index in [1.807, 2.05) is 0 Å². The van der Waals surface area contributed by atoms with Crippen LogP contribution >= 0.6 is 23.2 Å². The zero-order valence-electron chi connectivity index (χ0n) is 14.0. The summed E-state index contributed by atoms with van der Waals surface area (Å²) in [6.07, 6.45) is -3.92. The molecule has 1 heterocycles. The van der Waals surface area contributed by atoms with E-state index in [0.717, 1.165) is 0 Å². The molecule has 2 aromatic rings. The van der Waals surface area contributed by atoms with Crippen LogP contribution in [-0.4, -0.2) is 28.2 Å². The molecule has 142 valence electrons. The van der Waals surface area contributed by atoms with Crippen LogP contribution in [0.4, 0.5) is 30.6 Å². The summed E-state index contributed by atoms with van der Waals surface area (Å²) in [4.78, 5) is 7.62. The van der Waals surface area contributed by atoms with E-state index in [1.54, 1.807) is 26.0 Å². The van der Waals surface area contributed by atoms with Gasteiger partial charge in [0, 0.05) is 30.5 Å². The number of aliphatic hydroxyl groups excluding tert-OH is 1. The second kappa shape index (κ2) is 7.85. The fourth-order valence-corrected chi connectivity index (χ4v) is 2.16. The van der Waals surface area contributed by atoms with Gasteiger partial charge in [-0.05, 0) is 18.2 Å². The van der Waals surface area contributed by atoms with E-state index in [1.165, 1.54) is 6.07 Å². The molecule has 3 N–H and O–H groups in total. The number of nitrogens with one attached hydrogen (secondary N) is 2. The van der Waals surface area contributed by atoms with Crippen molar-refractivity contribution in [3.8, 4) is 0 Å². The summed E-state index contributed by atoms with van der Waals surface area (Å²) in [6.45, 7) is 3.32. The lowest BCUT2D eigenvalue weighted by atomic mass is 9.95. The Balaban J connectivity index is 2.31. The summed E-state index contributed by atoms with van der Waals surface area (Å²) >= 11 is 11.7. The molecule has 2 rings (SSSR count). The van der Waals surface area contributed by atoms with Crippen LogP contribution in [0.2, 0.25) is 10.0 Å². The largest absolute Gasteiger partial charge is 0.421 e. The minimum atomic E-state index is -4.62. The van der Waals surface area contributed by atoms with Crippen LogP contribution in [-0.2, 0) is 6.18 Å². The predicted octanol–water partition coefficient (Wildman–Crippen LogP) is 4.98. The van der Waals surface area contributed by atoms with Gasteiger partial charge >= 0.3 is 6.18 Å². The molecule has 10 heteroatoms. The third kappa shape index (κ3) is 5.36. The predicted molar refractivity (Wildman–Crippen MR) is 96.1 cm³/mol. The fourth-order valence-electron chi connectivity index (χ4n) is 1.87. The van der Waals surface area contributed by atoms with Crippen molar-refractivity contribution in [2.45, 2.75) is 20.0 Å². The standard InChI is InChI=1S/C16H17Cl2F3N4O/c1-15(2,8-26)7-23-13-10(16(19,20)21)6-22-14(25-13)24-9-3-4-11(17)12(18)5-9/h3-6,26H,7-8H2,1-2H3,(H2,22,23,24,25). The van der Waals surface area contributed by atoms with Crippen molar-refractivity contribution in [1.29, 1.82) is 0 Å². The fraction of sp³-hybridized carbons (Fsp3) is 0.375. The van der Waals surface area contributed by atoms with E-state index in [4.69, 9.17) is 23.2 Å². The summed E-state index contributed by atoms with van der Waals surface area (Å²) in [5.41, 5.74) is -1.14. The first-order valence-corrected chi connectivity index (χ1v) is 8.28. The van der Waals surface area contributed by atoms with Gasteiger partial charge in [-0.25, -0.2) is 4.98 Å². The Morgan fingerprint density at radius 1 is 1.15 bits per heavy atom. The number of anilines is 3. The van der Waals surface area contributed by atoms with Gasteiger partial charge in [-0.1, -0.05) is 37.0 Å². The highest BCUT2D eigenvalue weighted by molar-refractivity contribution is 6.42. The number of aromatic nitrogens is 2. The van der Waals surface area contributed by atoms with Crippen LogP contribution in [0.3, 0.4) is 0 Å². The molecular formula is C16H17Cl2F3N4O. The molecule has 0 atom stereocenters. The Labute approximate surface area is 158 Å². The molecule has 1 aromatic carbocycles. The van der Waals surface area contributed by atoms with Gasteiger partial charge in [0.05, 0.1) is 10.0 Å². The second-order valence-corrected chi connectivity index (χ2v) is 7.20. The van der Waals surface area contributed by atoms with Gasteiger partial charge in [0.1, 0.15) is 11.4 Å². The van der Waals surface area contributed by atoms with Crippen molar-refractivity contribution in [3.05, 3.63) is 40.0 Å². The molecule has 1 aromatic heterocycles. The van der Waals surface area contributed by atoms with Gasteiger partial charge in [0.15, 0.2) is 0 Å². The third-order valence-corrected chi connectivity index (χ3v) is 4.17. The van der Waals surface area contributed by atoms with E-state index >= 15 is 0 Å². The molecule has 0 unspecified atom stereocenters. The molecule has 0 aliphatic heterocycles. The van der Waals surface area contributed by atoms with Crippen LogP contribution in [0.5, 0.6) is 0 Å². The summed E-state index contributed by atoms with van der Waals surface area (Å²) in [5, 5.41) is 15.3. The minimum Gasteiger partial charge on any atom is -0.396 e. The molecule has 26 heavy (non-hydrogen) atoms. The van der Waals surface area contributed by atoms with Crippen molar-refractivity contribution in [2.75, 3.05) is 23.8 Å². The van der Waals surface area contributed by atoms with Gasteiger partial charge in [0.2, 0.25) is 5.95 Å². The quantitative estimate of drug-likeness (QED) is 0.628. The van der Waals surface area contributed by atoms with Gasteiger partial charge in [-0.15, -0.1) is 0 Å². The maximum absolute atomic E-state index is 13.2. The van der Waals surface area contributed by atoms with Gasteiger partial charge in [-0.3, -0.25) is 0 Å². The number of nitrogens with zero attached hydrogens (tertiary/aromatic N) is 2. The lowest BCUT2D eigenvalue weighted by molar-refractivity contribution is -0.137. The molecule has 0 spiro atoms. The normalized spacial score (nSPS) is 12.2. The van der Waals surface area contributed by atoms with E-state index in [9.17, 15) is 18.3 Å².